The maximum atomic E-state index is 11.9. The number of nitrogens with one attached hydrogen (secondary N) is 2. The lowest BCUT2D eigenvalue weighted by atomic mass is 9.81. The monoisotopic (exact) mass is 560 g/mol. The summed E-state index contributed by atoms with van der Waals surface area (Å²) in [7, 11) is 0. The zero-order valence-electron chi connectivity index (χ0n) is 23.1. The van der Waals surface area contributed by atoms with Crippen LogP contribution in [0.4, 0.5) is 0 Å². The van der Waals surface area contributed by atoms with Crippen LogP contribution in [0.25, 0.3) is 0 Å². The second-order valence-corrected chi connectivity index (χ2v) is 10.6. The highest BCUT2D eigenvalue weighted by molar-refractivity contribution is 6.25. The Bertz CT molecular complexity index is 1470. The Balaban J connectivity index is 0.000000216. The van der Waals surface area contributed by atoms with Gasteiger partial charge in [-0.3, -0.25) is 28.7 Å². The van der Waals surface area contributed by atoms with Crippen molar-refractivity contribution in [1.82, 2.24) is 19.1 Å². The van der Waals surface area contributed by atoms with Gasteiger partial charge < -0.3 is 9.47 Å². The van der Waals surface area contributed by atoms with Gasteiger partial charge in [0, 0.05) is 47.8 Å². The highest BCUT2D eigenvalue weighted by Gasteiger charge is 2.50. The number of hydrogen-bond donors (Lipinski definition) is 2. The number of ether oxygens (including phenoxy) is 2. The van der Waals surface area contributed by atoms with E-state index in [0.29, 0.717) is 6.42 Å². The van der Waals surface area contributed by atoms with Crippen molar-refractivity contribution in [3.8, 4) is 12.3 Å². The van der Waals surface area contributed by atoms with Crippen molar-refractivity contribution in [1.29, 1.82) is 0 Å². The molecule has 2 aromatic rings. The highest BCUT2D eigenvalue weighted by Crippen LogP contribution is 2.48. The van der Waals surface area contributed by atoms with Gasteiger partial charge in [0.2, 0.25) is 0 Å². The van der Waals surface area contributed by atoms with Gasteiger partial charge in [0.25, 0.3) is 11.1 Å². The third kappa shape index (κ3) is 5.62. The molecule has 10 nitrogen and oxygen atoms in total. The molecule has 2 aliphatic rings. The van der Waals surface area contributed by atoms with E-state index in [1.807, 2.05) is 40.7 Å². The van der Waals surface area contributed by atoms with Crippen LogP contribution in [0.1, 0.15) is 66.8 Å². The summed E-state index contributed by atoms with van der Waals surface area (Å²) in [5.74, 6) is 3.26. The Morgan fingerprint density at radius 1 is 0.897 bits per heavy atom. The first-order chi connectivity index (χ1) is 18.4. The SMILES string of the molecule is C#CC1(CC)OC(n2ccc(=O)[nH]c2=O)C(C)C1C.CCC1(/C=C/Cl)OC(n2ccc(=O)[nH]c2=O)C(C)C1C. The van der Waals surface area contributed by atoms with Crippen LogP contribution in [0.15, 0.2) is 55.3 Å². The third-order valence-electron chi connectivity index (χ3n) is 8.57. The molecule has 2 saturated heterocycles. The second-order valence-electron chi connectivity index (χ2n) is 10.3. The van der Waals surface area contributed by atoms with E-state index in [2.05, 4.69) is 22.8 Å². The van der Waals surface area contributed by atoms with Crippen LogP contribution in [0.3, 0.4) is 0 Å². The standard InChI is InChI=1S/C14H19ClN2O3.C14H18N2O3/c1-4-14(6-7-15)10(3)9(2)12(20-14)17-8-5-11(18)16-13(17)19;1-5-14(6-2)10(4)9(3)12(19-14)16-8-7-11(17)15-13(16)18/h5-10,12H,4H2,1-3H3,(H,16,18,19);1,7-10,12H,6H2,2-4H3,(H,15,17,18)/b7-6+;. The van der Waals surface area contributed by atoms with Crippen molar-refractivity contribution in [3.05, 3.63) is 77.8 Å². The van der Waals surface area contributed by atoms with Gasteiger partial charge in [0.05, 0.1) is 5.60 Å². The first-order valence-corrected chi connectivity index (χ1v) is 13.6. The molecular formula is C28H37ClN4O6. The molecule has 0 bridgehead atoms. The zero-order chi connectivity index (χ0) is 29.1. The molecule has 0 aliphatic carbocycles. The summed E-state index contributed by atoms with van der Waals surface area (Å²) in [6.45, 7) is 12.2. The lowest BCUT2D eigenvalue weighted by Crippen LogP contribution is -2.34. The summed E-state index contributed by atoms with van der Waals surface area (Å²) < 4.78 is 15.0. The third-order valence-corrected chi connectivity index (χ3v) is 8.70. The van der Waals surface area contributed by atoms with Crippen LogP contribution in [-0.2, 0) is 9.47 Å². The number of H-pyrrole nitrogens is 2. The summed E-state index contributed by atoms with van der Waals surface area (Å²) in [4.78, 5) is 50.5. The summed E-state index contributed by atoms with van der Waals surface area (Å²) in [6.07, 6.45) is 11.0. The number of nitrogens with zero attached hydrogens (tertiary/aromatic N) is 2. The molecule has 2 fully saturated rings. The summed E-state index contributed by atoms with van der Waals surface area (Å²) in [5.41, 5.74) is -1.43. The predicted octanol–water partition coefficient (Wildman–Crippen LogP) is 3.36. The largest absolute Gasteiger partial charge is 0.347 e. The number of rotatable bonds is 5. The molecule has 39 heavy (non-hydrogen) atoms. The molecule has 4 rings (SSSR count). The van der Waals surface area contributed by atoms with E-state index >= 15 is 0 Å². The minimum atomic E-state index is -0.653. The van der Waals surface area contributed by atoms with Gasteiger partial charge in [-0.2, -0.15) is 0 Å². The van der Waals surface area contributed by atoms with Gasteiger partial charge in [-0.05, 0) is 24.8 Å². The smallest absolute Gasteiger partial charge is 0.330 e. The Kier molecular flexibility index (Phi) is 9.31. The fourth-order valence-corrected chi connectivity index (χ4v) is 5.82. The number of aromatic amines is 2. The fraction of sp³-hybridized carbons (Fsp3) is 0.571. The molecule has 4 heterocycles. The topological polar surface area (TPSA) is 128 Å². The van der Waals surface area contributed by atoms with Crippen LogP contribution in [0.5, 0.6) is 0 Å². The average Bonchev–Trinajstić information content (AvgIpc) is 3.30. The molecule has 11 heteroatoms. The van der Waals surface area contributed by atoms with Crippen molar-refractivity contribution in [3.63, 3.8) is 0 Å². The van der Waals surface area contributed by atoms with Gasteiger partial charge in [-0.25, -0.2) is 9.59 Å². The normalized spacial score (nSPS) is 34.0. The molecule has 0 amide bonds. The molecule has 8 atom stereocenters. The fourth-order valence-electron chi connectivity index (χ4n) is 5.60. The van der Waals surface area contributed by atoms with Crippen molar-refractivity contribution < 1.29 is 9.47 Å². The Morgan fingerprint density at radius 3 is 1.77 bits per heavy atom. The van der Waals surface area contributed by atoms with Gasteiger partial charge in [0.15, 0.2) is 0 Å². The Morgan fingerprint density at radius 2 is 1.38 bits per heavy atom. The molecule has 8 unspecified atom stereocenters. The average molecular weight is 561 g/mol. The van der Waals surface area contributed by atoms with Gasteiger partial charge in [0.1, 0.15) is 18.1 Å². The van der Waals surface area contributed by atoms with E-state index in [-0.39, 0.29) is 23.7 Å². The van der Waals surface area contributed by atoms with E-state index in [1.54, 1.807) is 0 Å². The van der Waals surface area contributed by atoms with Gasteiger partial charge in [-0.15, -0.1) is 6.42 Å². The number of aromatic nitrogens is 4. The summed E-state index contributed by atoms with van der Waals surface area (Å²) >= 11 is 5.73. The molecule has 2 aliphatic heterocycles. The molecule has 2 aromatic heterocycles. The number of terminal acetylenes is 1. The molecule has 0 spiro atoms. The van der Waals surface area contributed by atoms with E-state index in [0.717, 1.165) is 6.42 Å². The van der Waals surface area contributed by atoms with Crippen LogP contribution < -0.4 is 22.5 Å². The van der Waals surface area contributed by atoms with E-state index in [4.69, 9.17) is 27.5 Å². The van der Waals surface area contributed by atoms with E-state index in [1.165, 1.54) is 39.2 Å². The van der Waals surface area contributed by atoms with Crippen molar-refractivity contribution >= 4 is 11.6 Å². The summed E-state index contributed by atoms with van der Waals surface area (Å²) in [5, 5.41) is 0. The summed E-state index contributed by atoms with van der Waals surface area (Å²) in [6, 6.07) is 2.63. The lowest BCUT2D eigenvalue weighted by Gasteiger charge is -2.28. The minimum Gasteiger partial charge on any atom is -0.347 e. The van der Waals surface area contributed by atoms with E-state index < -0.39 is 46.2 Å². The maximum Gasteiger partial charge on any atom is 0.330 e. The molecular weight excluding hydrogens is 524 g/mol. The first kappa shape index (κ1) is 30.4. The van der Waals surface area contributed by atoms with Crippen molar-refractivity contribution in [2.24, 2.45) is 23.7 Å². The molecule has 2 N–H and O–H groups in total. The lowest BCUT2D eigenvalue weighted by molar-refractivity contribution is -0.0610. The zero-order valence-corrected chi connectivity index (χ0v) is 23.9. The van der Waals surface area contributed by atoms with Gasteiger partial charge >= 0.3 is 11.4 Å². The van der Waals surface area contributed by atoms with Crippen LogP contribution in [0, 0.1) is 36.0 Å². The first-order valence-electron chi connectivity index (χ1n) is 13.1. The molecule has 0 saturated carbocycles. The van der Waals surface area contributed by atoms with Gasteiger partial charge in [-0.1, -0.05) is 59.1 Å². The predicted molar refractivity (Wildman–Crippen MR) is 149 cm³/mol. The van der Waals surface area contributed by atoms with Crippen LogP contribution in [0.2, 0.25) is 0 Å². The Hall–Kier alpha value is -3.13. The van der Waals surface area contributed by atoms with Crippen molar-refractivity contribution in [2.75, 3.05) is 0 Å². The van der Waals surface area contributed by atoms with Crippen LogP contribution >= 0.6 is 11.6 Å². The number of halogens is 1. The minimum absolute atomic E-state index is 0.0830. The van der Waals surface area contributed by atoms with Crippen molar-refractivity contribution in [2.45, 2.75) is 78.0 Å². The highest BCUT2D eigenvalue weighted by atomic mass is 35.5. The molecule has 212 valence electrons. The molecule has 0 radical (unpaired) electrons. The second kappa shape index (κ2) is 11.9. The van der Waals surface area contributed by atoms with E-state index in [9.17, 15) is 19.2 Å². The number of hydrogen-bond acceptors (Lipinski definition) is 6. The molecule has 0 aromatic carbocycles. The maximum absolute atomic E-state index is 11.9. The quantitative estimate of drug-likeness (QED) is 0.540. The Labute approximate surface area is 232 Å². The van der Waals surface area contributed by atoms with Crippen LogP contribution in [-0.4, -0.2) is 30.3 Å².